The Morgan fingerprint density at radius 1 is 1.07 bits per heavy atom. The molecule has 0 radical (unpaired) electrons. The molecule has 0 aliphatic carbocycles. The van der Waals surface area contributed by atoms with Crippen molar-refractivity contribution in [3.8, 4) is 0 Å². The highest BCUT2D eigenvalue weighted by Gasteiger charge is 2.60. The van der Waals surface area contributed by atoms with E-state index in [4.69, 9.17) is 9.31 Å². The lowest BCUT2D eigenvalue weighted by atomic mass is 9.59. The van der Waals surface area contributed by atoms with E-state index in [0.29, 0.717) is 30.8 Å². The maximum Gasteiger partial charge on any atom is 0.492 e. The van der Waals surface area contributed by atoms with Crippen LogP contribution in [-0.2, 0) is 19.3 Å². The number of benzene rings is 1. The van der Waals surface area contributed by atoms with Gasteiger partial charge in [0.2, 0.25) is 10.0 Å². The first-order valence-electron chi connectivity index (χ1n) is 9.92. The minimum atomic E-state index is -3.51. The molecule has 1 aromatic carbocycles. The minimum absolute atomic E-state index is 0.105. The largest absolute Gasteiger partial charge is 0.492 e. The zero-order valence-electron chi connectivity index (χ0n) is 17.7. The first-order chi connectivity index (χ1) is 12.8. The van der Waals surface area contributed by atoms with E-state index >= 15 is 0 Å². The van der Waals surface area contributed by atoms with Crippen molar-refractivity contribution < 1.29 is 22.8 Å². The molecule has 0 bridgehead atoms. The highest BCUT2D eigenvalue weighted by molar-refractivity contribution is 7.89. The first kappa shape index (κ1) is 21.8. The van der Waals surface area contributed by atoms with Crippen LogP contribution in [0.2, 0.25) is 0 Å². The average Bonchev–Trinajstić information content (AvgIpc) is 2.84. The predicted molar refractivity (Wildman–Crippen MR) is 109 cm³/mol. The van der Waals surface area contributed by atoms with Crippen LogP contribution in [0.4, 0.5) is 0 Å². The summed E-state index contributed by atoms with van der Waals surface area (Å²) in [5, 5.41) is 11.2. The summed E-state index contributed by atoms with van der Waals surface area (Å²) in [6.45, 7) is 12.2. The fourth-order valence-electron chi connectivity index (χ4n) is 3.81. The molecule has 0 amide bonds. The molecular formula is C20H32BNO5S. The lowest BCUT2D eigenvalue weighted by Gasteiger charge is -2.39. The normalized spacial score (nSPS) is 25.6. The van der Waals surface area contributed by atoms with Gasteiger partial charge < -0.3 is 14.4 Å². The summed E-state index contributed by atoms with van der Waals surface area (Å²) in [4.78, 5) is 0.314. The summed E-state index contributed by atoms with van der Waals surface area (Å²) >= 11 is 0. The Morgan fingerprint density at radius 2 is 1.54 bits per heavy atom. The van der Waals surface area contributed by atoms with E-state index in [9.17, 15) is 13.5 Å². The first-order valence-corrected chi connectivity index (χ1v) is 11.4. The quantitative estimate of drug-likeness (QED) is 0.774. The molecular weight excluding hydrogens is 377 g/mol. The summed E-state index contributed by atoms with van der Waals surface area (Å²) < 4.78 is 39.4. The van der Waals surface area contributed by atoms with E-state index in [1.807, 2.05) is 46.8 Å². The number of piperidine rings is 1. The van der Waals surface area contributed by atoms with Gasteiger partial charge in [-0.3, -0.25) is 0 Å². The molecule has 2 saturated heterocycles. The van der Waals surface area contributed by atoms with Gasteiger partial charge in [-0.15, -0.1) is 0 Å². The van der Waals surface area contributed by atoms with E-state index in [-0.39, 0.29) is 5.92 Å². The fourth-order valence-corrected chi connectivity index (χ4v) is 5.28. The number of aliphatic hydroxyl groups is 1. The maximum atomic E-state index is 12.9. The third-order valence-corrected chi connectivity index (χ3v) is 8.58. The molecule has 1 atom stereocenters. The maximum absolute atomic E-state index is 12.9. The van der Waals surface area contributed by atoms with E-state index in [1.165, 1.54) is 4.31 Å². The predicted octanol–water partition coefficient (Wildman–Crippen LogP) is 2.78. The molecule has 6 nitrogen and oxygen atoms in total. The third kappa shape index (κ3) is 3.77. The highest BCUT2D eigenvalue weighted by Crippen LogP contribution is 2.43. The smallest absolute Gasteiger partial charge is 0.401 e. The molecule has 2 fully saturated rings. The second-order valence-electron chi connectivity index (χ2n) is 9.31. The Bertz CT molecular complexity index is 796. The van der Waals surface area contributed by atoms with Gasteiger partial charge in [-0.2, -0.15) is 4.31 Å². The van der Waals surface area contributed by atoms with E-state index < -0.39 is 33.8 Å². The van der Waals surface area contributed by atoms with Crippen LogP contribution in [0.1, 0.15) is 53.0 Å². The highest BCUT2D eigenvalue weighted by atomic mass is 32.2. The fraction of sp³-hybridized carbons (Fsp3) is 0.700. The Morgan fingerprint density at radius 3 is 2.00 bits per heavy atom. The van der Waals surface area contributed by atoms with E-state index in [2.05, 4.69) is 0 Å². The molecule has 0 aromatic heterocycles. The van der Waals surface area contributed by atoms with Crippen molar-refractivity contribution in [2.45, 2.75) is 76.0 Å². The molecule has 156 valence electrons. The van der Waals surface area contributed by atoms with E-state index in [1.54, 1.807) is 19.1 Å². The standard InChI is InChI=1S/C20H32BNO5S/c1-15-7-9-17(10-8-15)28(24,25)22-13-11-16(12-14-22)20(6,23)21-26-18(2,3)19(4,5)27-21/h7-10,16,23H,11-14H2,1-6H3/t20-/m0/s1. The molecule has 3 rings (SSSR count). The van der Waals surface area contributed by atoms with Gasteiger partial charge in [0, 0.05) is 13.1 Å². The van der Waals surface area contributed by atoms with Crippen LogP contribution in [0.5, 0.6) is 0 Å². The zero-order valence-corrected chi connectivity index (χ0v) is 18.5. The van der Waals surface area contributed by atoms with Gasteiger partial charge in [0.25, 0.3) is 0 Å². The van der Waals surface area contributed by atoms with E-state index in [0.717, 1.165) is 5.56 Å². The van der Waals surface area contributed by atoms with Crippen LogP contribution in [0.3, 0.4) is 0 Å². The van der Waals surface area contributed by atoms with Crippen molar-refractivity contribution in [1.29, 1.82) is 0 Å². The molecule has 0 saturated carbocycles. The topological polar surface area (TPSA) is 76.1 Å². The Kier molecular flexibility index (Phi) is 5.52. The van der Waals surface area contributed by atoms with Crippen LogP contribution in [0.15, 0.2) is 29.2 Å². The van der Waals surface area contributed by atoms with Crippen LogP contribution in [-0.4, -0.2) is 54.7 Å². The van der Waals surface area contributed by atoms with Gasteiger partial charge in [-0.05, 0) is 72.4 Å². The molecule has 2 aliphatic heterocycles. The summed E-state index contributed by atoms with van der Waals surface area (Å²) in [6.07, 6.45) is 1.12. The van der Waals surface area contributed by atoms with Crippen molar-refractivity contribution in [3.63, 3.8) is 0 Å². The van der Waals surface area contributed by atoms with Crippen LogP contribution in [0.25, 0.3) is 0 Å². The molecule has 8 heteroatoms. The summed E-state index contributed by atoms with van der Waals surface area (Å²) in [7, 11) is -4.25. The van der Waals surface area contributed by atoms with Gasteiger partial charge in [0.05, 0.1) is 16.1 Å². The molecule has 1 N–H and O–H groups in total. The third-order valence-electron chi connectivity index (χ3n) is 6.67. The minimum Gasteiger partial charge on any atom is -0.401 e. The van der Waals surface area contributed by atoms with Crippen molar-refractivity contribution in [3.05, 3.63) is 29.8 Å². The number of hydrogen-bond donors (Lipinski definition) is 1. The van der Waals surface area contributed by atoms with Crippen molar-refractivity contribution in [2.75, 3.05) is 13.1 Å². The molecule has 0 spiro atoms. The Hall–Kier alpha value is -0.925. The Balaban J connectivity index is 1.69. The van der Waals surface area contributed by atoms with Crippen molar-refractivity contribution in [1.82, 2.24) is 4.31 Å². The number of rotatable bonds is 4. The summed E-state index contributed by atoms with van der Waals surface area (Å²) in [5.41, 5.74) is -1.20. The van der Waals surface area contributed by atoms with Gasteiger partial charge in [0.1, 0.15) is 5.50 Å². The molecule has 1 aromatic rings. The number of sulfonamides is 1. The molecule has 2 aliphatic rings. The summed E-state index contributed by atoms with van der Waals surface area (Å²) in [6, 6.07) is 6.92. The second-order valence-corrected chi connectivity index (χ2v) is 11.2. The summed E-state index contributed by atoms with van der Waals surface area (Å²) in [5.74, 6) is -0.105. The van der Waals surface area contributed by atoms with Gasteiger partial charge in [-0.1, -0.05) is 17.7 Å². The second kappa shape index (κ2) is 7.09. The van der Waals surface area contributed by atoms with Crippen LogP contribution < -0.4 is 0 Å². The van der Waals surface area contributed by atoms with Gasteiger partial charge in [-0.25, -0.2) is 8.42 Å². The Labute approximate surface area is 169 Å². The molecule has 0 unspecified atom stereocenters. The van der Waals surface area contributed by atoms with Crippen LogP contribution >= 0.6 is 0 Å². The van der Waals surface area contributed by atoms with Crippen molar-refractivity contribution >= 4 is 17.1 Å². The van der Waals surface area contributed by atoms with Crippen LogP contribution in [0, 0.1) is 12.8 Å². The molecule has 28 heavy (non-hydrogen) atoms. The number of nitrogens with zero attached hydrogens (tertiary/aromatic N) is 1. The van der Waals surface area contributed by atoms with Crippen molar-refractivity contribution in [2.24, 2.45) is 5.92 Å². The average molecular weight is 409 g/mol. The van der Waals surface area contributed by atoms with Gasteiger partial charge in [0.15, 0.2) is 0 Å². The monoisotopic (exact) mass is 409 g/mol. The SMILES string of the molecule is Cc1ccc(S(=O)(=O)N2CCC([C@](C)(O)B3OC(C)(C)C(C)(C)O3)CC2)cc1. The molecule has 2 heterocycles. The lowest BCUT2D eigenvalue weighted by Crippen LogP contribution is -2.55. The number of hydrogen-bond acceptors (Lipinski definition) is 5. The zero-order chi connectivity index (χ0) is 21.0. The number of aryl methyl sites for hydroxylation is 1. The van der Waals surface area contributed by atoms with Gasteiger partial charge >= 0.3 is 7.12 Å². The lowest BCUT2D eigenvalue weighted by molar-refractivity contribution is 0.00578.